The Morgan fingerprint density at radius 1 is 1.25 bits per heavy atom. The highest BCUT2D eigenvalue weighted by Gasteiger charge is 2.24. The molecule has 1 aromatic carbocycles. The first-order valence-electron chi connectivity index (χ1n) is 7.29. The number of methoxy groups -OCH3 is 1. The maximum absolute atomic E-state index is 12.8. The Bertz CT molecular complexity index is 917. The van der Waals surface area contributed by atoms with E-state index >= 15 is 0 Å². The fourth-order valence-electron chi connectivity index (χ4n) is 2.37. The van der Waals surface area contributed by atoms with E-state index in [0.29, 0.717) is 28.9 Å². The zero-order valence-corrected chi connectivity index (χ0v) is 15.0. The summed E-state index contributed by atoms with van der Waals surface area (Å²) >= 11 is 1.19. The van der Waals surface area contributed by atoms with Gasteiger partial charge in [-0.2, -0.15) is 0 Å². The number of rotatable bonds is 7. The van der Waals surface area contributed by atoms with Crippen LogP contribution in [0.2, 0.25) is 0 Å². The molecule has 0 atom stereocenters. The minimum absolute atomic E-state index is 0.301. The van der Waals surface area contributed by atoms with E-state index in [1.54, 1.807) is 43.9 Å². The van der Waals surface area contributed by atoms with Gasteiger partial charge in [-0.1, -0.05) is 6.07 Å². The number of benzene rings is 1. The molecule has 0 amide bonds. The number of thiophene rings is 1. The van der Waals surface area contributed by atoms with Crippen LogP contribution in [0.5, 0.6) is 5.75 Å². The molecule has 2 aromatic heterocycles. The molecule has 0 aliphatic carbocycles. The zero-order valence-electron chi connectivity index (χ0n) is 13.4. The maximum atomic E-state index is 12.8. The van der Waals surface area contributed by atoms with Crippen LogP contribution in [0.1, 0.15) is 0 Å². The van der Waals surface area contributed by atoms with Crippen molar-refractivity contribution in [1.82, 2.24) is 4.98 Å². The van der Waals surface area contributed by atoms with E-state index in [4.69, 9.17) is 9.47 Å². The van der Waals surface area contributed by atoms with E-state index in [-0.39, 0.29) is 0 Å². The fourth-order valence-corrected chi connectivity index (χ4v) is 4.73. The molecule has 3 aromatic rings. The van der Waals surface area contributed by atoms with Crippen LogP contribution in [0.25, 0.3) is 10.9 Å². The third kappa shape index (κ3) is 3.12. The van der Waals surface area contributed by atoms with Gasteiger partial charge in [-0.05, 0) is 23.6 Å². The molecule has 2 heterocycles. The number of anilines is 1. The Labute approximate surface area is 144 Å². The van der Waals surface area contributed by atoms with Crippen molar-refractivity contribution < 1.29 is 17.9 Å². The predicted octanol–water partition coefficient (Wildman–Crippen LogP) is 3.08. The van der Waals surface area contributed by atoms with Crippen molar-refractivity contribution in [3.63, 3.8) is 0 Å². The third-order valence-corrected chi connectivity index (χ3v) is 6.76. The first-order valence-corrected chi connectivity index (χ1v) is 9.61. The van der Waals surface area contributed by atoms with Gasteiger partial charge in [-0.25, -0.2) is 8.42 Å². The first-order chi connectivity index (χ1) is 11.5. The number of hydrogen-bond donors (Lipinski definition) is 1. The molecule has 0 unspecified atom stereocenters. The molecule has 0 fully saturated rings. The molecule has 24 heavy (non-hydrogen) atoms. The summed E-state index contributed by atoms with van der Waals surface area (Å²) in [5.74, 6) is 0.599. The summed E-state index contributed by atoms with van der Waals surface area (Å²) in [5, 5.41) is 2.63. The van der Waals surface area contributed by atoms with Gasteiger partial charge in [0.05, 0.1) is 17.8 Å². The van der Waals surface area contributed by atoms with Gasteiger partial charge in [0, 0.05) is 31.8 Å². The van der Waals surface area contributed by atoms with E-state index in [2.05, 4.69) is 4.98 Å². The molecule has 0 aliphatic heterocycles. The molecular formula is C16H18N2O4S2. The summed E-state index contributed by atoms with van der Waals surface area (Å²) in [6.07, 6.45) is 1.78. The summed E-state index contributed by atoms with van der Waals surface area (Å²) in [6.45, 7) is 0.858. The lowest BCUT2D eigenvalue weighted by Gasteiger charge is -2.20. The molecule has 0 saturated carbocycles. The van der Waals surface area contributed by atoms with E-state index in [1.807, 2.05) is 12.1 Å². The Hall–Kier alpha value is -2.03. The van der Waals surface area contributed by atoms with E-state index in [0.717, 1.165) is 10.9 Å². The second-order valence-electron chi connectivity index (χ2n) is 5.13. The lowest BCUT2D eigenvalue weighted by Crippen LogP contribution is -2.26. The summed E-state index contributed by atoms with van der Waals surface area (Å²) < 4.78 is 37.8. The van der Waals surface area contributed by atoms with Gasteiger partial charge in [-0.3, -0.25) is 4.31 Å². The monoisotopic (exact) mass is 366 g/mol. The number of aromatic amines is 1. The normalized spacial score (nSPS) is 11.8. The van der Waals surface area contributed by atoms with Crippen molar-refractivity contribution in [2.24, 2.45) is 0 Å². The van der Waals surface area contributed by atoms with Crippen molar-refractivity contribution in [2.45, 2.75) is 4.21 Å². The predicted molar refractivity (Wildman–Crippen MR) is 95.6 cm³/mol. The van der Waals surface area contributed by atoms with Crippen LogP contribution in [-0.2, 0) is 14.8 Å². The fraction of sp³-hybridized carbons (Fsp3) is 0.250. The maximum Gasteiger partial charge on any atom is 0.273 e. The van der Waals surface area contributed by atoms with E-state index in [9.17, 15) is 8.42 Å². The van der Waals surface area contributed by atoms with Gasteiger partial charge in [0.15, 0.2) is 0 Å². The SMILES string of the molecule is COCCOc1cc(N(C)S(=O)(=O)c2cccs2)c2[nH]ccc2c1. The van der Waals surface area contributed by atoms with Crippen LogP contribution < -0.4 is 9.04 Å². The molecule has 0 saturated heterocycles. The number of sulfonamides is 1. The van der Waals surface area contributed by atoms with Gasteiger partial charge in [0.2, 0.25) is 0 Å². The Kier molecular flexibility index (Phi) is 4.79. The third-order valence-electron chi connectivity index (χ3n) is 3.62. The lowest BCUT2D eigenvalue weighted by molar-refractivity contribution is 0.146. The van der Waals surface area contributed by atoms with Crippen LogP contribution in [0.4, 0.5) is 5.69 Å². The van der Waals surface area contributed by atoms with Crippen LogP contribution in [0, 0.1) is 0 Å². The average molecular weight is 366 g/mol. The molecular weight excluding hydrogens is 348 g/mol. The smallest absolute Gasteiger partial charge is 0.273 e. The van der Waals surface area contributed by atoms with Gasteiger partial charge < -0.3 is 14.5 Å². The molecule has 0 radical (unpaired) electrons. The average Bonchev–Trinajstić information content (AvgIpc) is 3.25. The first kappa shape index (κ1) is 16.8. The second-order valence-corrected chi connectivity index (χ2v) is 8.27. The van der Waals surface area contributed by atoms with Crippen molar-refractivity contribution >= 4 is 38.0 Å². The highest BCUT2D eigenvalue weighted by Crippen LogP contribution is 2.34. The Morgan fingerprint density at radius 2 is 2.08 bits per heavy atom. The molecule has 0 spiro atoms. The Balaban J connectivity index is 2.02. The van der Waals surface area contributed by atoms with Crippen molar-refractivity contribution in [3.8, 4) is 5.75 Å². The molecule has 0 bridgehead atoms. The van der Waals surface area contributed by atoms with Crippen molar-refractivity contribution in [3.05, 3.63) is 41.9 Å². The van der Waals surface area contributed by atoms with Crippen molar-refractivity contribution in [1.29, 1.82) is 0 Å². The number of H-pyrrole nitrogens is 1. The molecule has 1 N–H and O–H groups in total. The molecule has 0 aliphatic rings. The van der Waals surface area contributed by atoms with Crippen LogP contribution in [-0.4, -0.2) is 40.8 Å². The molecule has 128 valence electrons. The number of fused-ring (bicyclic) bond motifs is 1. The standard InChI is InChI=1S/C16H18N2O4S2/c1-18(24(19,20)15-4-3-9-23-15)14-11-13(22-8-7-21-2)10-12-5-6-17-16(12)14/h3-6,9-11,17H,7-8H2,1-2H3. The van der Waals surface area contributed by atoms with Crippen LogP contribution in [0.3, 0.4) is 0 Å². The topological polar surface area (TPSA) is 71.6 Å². The molecule has 8 heteroatoms. The summed E-state index contributed by atoms with van der Waals surface area (Å²) in [4.78, 5) is 3.10. The van der Waals surface area contributed by atoms with Gasteiger partial charge in [-0.15, -0.1) is 11.3 Å². The van der Waals surface area contributed by atoms with Crippen LogP contribution in [0.15, 0.2) is 46.1 Å². The number of nitrogens with zero attached hydrogens (tertiary/aromatic N) is 1. The number of aromatic nitrogens is 1. The molecule has 6 nitrogen and oxygen atoms in total. The number of hydrogen-bond acceptors (Lipinski definition) is 5. The molecule has 3 rings (SSSR count). The van der Waals surface area contributed by atoms with Crippen molar-refractivity contribution in [2.75, 3.05) is 31.7 Å². The quantitative estimate of drug-likeness (QED) is 0.652. The zero-order chi connectivity index (χ0) is 17.2. The largest absolute Gasteiger partial charge is 0.491 e. The summed E-state index contributed by atoms with van der Waals surface area (Å²) in [6, 6.07) is 8.80. The van der Waals surface area contributed by atoms with E-state index < -0.39 is 10.0 Å². The Morgan fingerprint density at radius 3 is 2.79 bits per heavy atom. The highest BCUT2D eigenvalue weighted by atomic mass is 32.2. The van der Waals surface area contributed by atoms with E-state index in [1.165, 1.54) is 15.6 Å². The van der Waals surface area contributed by atoms with Crippen LogP contribution >= 0.6 is 11.3 Å². The lowest BCUT2D eigenvalue weighted by atomic mass is 10.2. The minimum Gasteiger partial charge on any atom is -0.491 e. The van der Waals surface area contributed by atoms with Gasteiger partial charge in [0.25, 0.3) is 10.0 Å². The highest BCUT2D eigenvalue weighted by molar-refractivity contribution is 7.94. The summed E-state index contributed by atoms with van der Waals surface area (Å²) in [7, 11) is -0.460. The van der Waals surface area contributed by atoms with Gasteiger partial charge in [0.1, 0.15) is 16.6 Å². The minimum atomic E-state index is -3.61. The summed E-state index contributed by atoms with van der Waals surface area (Å²) in [5.41, 5.74) is 1.29. The van der Waals surface area contributed by atoms with Gasteiger partial charge >= 0.3 is 0 Å². The second kappa shape index (κ2) is 6.84. The number of ether oxygens (including phenoxy) is 2. The number of nitrogens with one attached hydrogen (secondary N) is 1.